The highest BCUT2D eigenvalue weighted by molar-refractivity contribution is 6.37. The molecule has 0 atom stereocenters. The Morgan fingerprint density at radius 2 is 1.34 bits per heavy atom. The van der Waals surface area contributed by atoms with E-state index < -0.39 is 5.63 Å². The lowest BCUT2D eigenvalue weighted by atomic mass is 9.99. The number of hydrazone groups is 1. The number of carbonyl (C=O) groups excluding carboxylic acids is 1. The van der Waals surface area contributed by atoms with E-state index >= 15 is 0 Å². The third-order valence-electron chi connectivity index (χ3n) is 6.89. The van der Waals surface area contributed by atoms with Crippen LogP contribution in [0.25, 0.3) is 34.0 Å². The van der Waals surface area contributed by atoms with E-state index in [1.165, 1.54) is 5.01 Å². The molecule has 0 radical (unpaired) electrons. The monoisotopic (exact) mass is 534 g/mol. The molecule has 0 aliphatic carbocycles. The standard InChI is InChI=1S/C34H22N4O3/c39-33-28(31(23-12-4-1-5-13-23)36-38(33)27-17-8-3-9-18-27)21-25-22-37(26-15-6-2-7-16-26)35-32(25)29-20-24-14-10-11-19-30(24)41-34(29)40/h1-22H/b28-21+. The zero-order valence-electron chi connectivity index (χ0n) is 21.7. The molecule has 0 bridgehead atoms. The first-order valence-electron chi connectivity index (χ1n) is 13.1. The fourth-order valence-electron chi connectivity index (χ4n) is 4.90. The number of anilines is 1. The first-order valence-corrected chi connectivity index (χ1v) is 13.1. The van der Waals surface area contributed by atoms with Gasteiger partial charge in [0, 0.05) is 22.7 Å². The summed E-state index contributed by atoms with van der Waals surface area (Å²) in [6, 6.07) is 37.6. The number of benzene rings is 4. The Labute approximate surface area is 234 Å². The molecule has 7 rings (SSSR count). The SMILES string of the molecule is O=C1/C(=C/c2cn(-c3ccccc3)nc2-c2cc3ccccc3oc2=O)C(c2ccccc2)=NN1c1ccccc1. The van der Waals surface area contributed by atoms with Crippen molar-refractivity contribution >= 4 is 34.4 Å². The van der Waals surface area contributed by atoms with Crippen LogP contribution in [0.5, 0.6) is 0 Å². The number of hydrogen-bond donors (Lipinski definition) is 0. The second kappa shape index (κ2) is 10.1. The maximum atomic E-state index is 13.9. The van der Waals surface area contributed by atoms with Gasteiger partial charge in [-0.05, 0) is 42.5 Å². The van der Waals surface area contributed by atoms with Crippen LogP contribution in [-0.4, -0.2) is 21.4 Å². The molecule has 7 heteroatoms. The van der Waals surface area contributed by atoms with Crippen LogP contribution in [0, 0.1) is 0 Å². The molecular formula is C34H22N4O3. The highest BCUT2D eigenvalue weighted by Gasteiger charge is 2.32. The van der Waals surface area contributed by atoms with Crippen LogP contribution in [0.3, 0.4) is 0 Å². The maximum Gasteiger partial charge on any atom is 0.345 e. The average molecular weight is 535 g/mol. The van der Waals surface area contributed by atoms with Gasteiger partial charge in [0.2, 0.25) is 0 Å². The summed E-state index contributed by atoms with van der Waals surface area (Å²) in [4.78, 5) is 27.1. The van der Waals surface area contributed by atoms with Gasteiger partial charge in [-0.3, -0.25) is 4.79 Å². The molecule has 1 amide bonds. The summed E-state index contributed by atoms with van der Waals surface area (Å²) < 4.78 is 7.35. The fourth-order valence-corrected chi connectivity index (χ4v) is 4.90. The fraction of sp³-hybridized carbons (Fsp3) is 0. The zero-order valence-corrected chi connectivity index (χ0v) is 21.7. The topological polar surface area (TPSA) is 80.7 Å². The zero-order chi connectivity index (χ0) is 27.8. The van der Waals surface area contributed by atoms with Crippen LogP contribution in [0.15, 0.2) is 147 Å². The molecule has 0 spiro atoms. The van der Waals surface area contributed by atoms with Gasteiger partial charge in [-0.1, -0.05) is 84.9 Å². The van der Waals surface area contributed by atoms with Gasteiger partial charge in [0.25, 0.3) is 5.91 Å². The molecule has 0 unspecified atom stereocenters. The van der Waals surface area contributed by atoms with E-state index in [0.717, 1.165) is 16.6 Å². The highest BCUT2D eigenvalue weighted by Crippen LogP contribution is 2.31. The first kappa shape index (κ1) is 24.2. The second-order valence-corrected chi connectivity index (χ2v) is 9.52. The minimum absolute atomic E-state index is 0.279. The Balaban J connectivity index is 1.44. The van der Waals surface area contributed by atoms with E-state index in [2.05, 4.69) is 0 Å². The predicted octanol–water partition coefficient (Wildman–Crippen LogP) is 6.48. The molecule has 4 aromatic carbocycles. The van der Waals surface area contributed by atoms with Gasteiger partial charge in [-0.2, -0.15) is 15.2 Å². The number of nitrogens with zero attached hydrogens (tertiary/aromatic N) is 4. The van der Waals surface area contributed by atoms with Gasteiger partial charge in [-0.15, -0.1) is 0 Å². The van der Waals surface area contributed by atoms with Crippen molar-refractivity contribution in [1.82, 2.24) is 9.78 Å². The number of hydrogen-bond acceptors (Lipinski definition) is 5. The van der Waals surface area contributed by atoms with Gasteiger partial charge in [-0.25, -0.2) is 9.48 Å². The van der Waals surface area contributed by atoms with Gasteiger partial charge >= 0.3 is 5.63 Å². The summed E-state index contributed by atoms with van der Waals surface area (Å²) in [6.45, 7) is 0. The summed E-state index contributed by atoms with van der Waals surface area (Å²) in [5, 5.41) is 11.7. The number of carbonyl (C=O) groups is 1. The van der Waals surface area contributed by atoms with E-state index in [0.29, 0.717) is 39.4 Å². The minimum Gasteiger partial charge on any atom is -0.422 e. The molecule has 0 N–H and O–H groups in total. The van der Waals surface area contributed by atoms with Crippen LogP contribution in [0.2, 0.25) is 0 Å². The van der Waals surface area contributed by atoms with Crippen LogP contribution in [0.4, 0.5) is 5.69 Å². The normalized spacial score (nSPS) is 14.1. The van der Waals surface area contributed by atoms with E-state index in [-0.39, 0.29) is 5.91 Å². The molecule has 7 nitrogen and oxygen atoms in total. The first-order chi connectivity index (χ1) is 20.2. The maximum absolute atomic E-state index is 13.9. The van der Waals surface area contributed by atoms with Gasteiger partial charge < -0.3 is 4.42 Å². The molecule has 41 heavy (non-hydrogen) atoms. The Morgan fingerprint density at radius 3 is 2.07 bits per heavy atom. The van der Waals surface area contributed by atoms with Crippen molar-refractivity contribution < 1.29 is 9.21 Å². The smallest absolute Gasteiger partial charge is 0.345 e. The lowest BCUT2D eigenvalue weighted by Crippen LogP contribution is -2.21. The van der Waals surface area contributed by atoms with E-state index in [1.807, 2.05) is 115 Å². The molecule has 0 fully saturated rings. The molecule has 196 valence electrons. The van der Waals surface area contributed by atoms with E-state index in [9.17, 15) is 9.59 Å². The molecule has 2 aromatic heterocycles. The van der Waals surface area contributed by atoms with Crippen molar-refractivity contribution in [2.45, 2.75) is 0 Å². The Hall–Kier alpha value is -5.82. The number of fused-ring (bicyclic) bond motifs is 1. The van der Waals surface area contributed by atoms with Gasteiger partial charge in [0.05, 0.1) is 22.5 Å². The Kier molecular flexibility index (Phi) is 5.94. The Morgan fingerprint density at radius 1 is 0.707 bits per heavy atom. The quantitative estimate of drug-likeness (QED) is 0.187. The van der Waals surface area contributed by atoms with Crippen LogP contribution < -0.4 is 10.6 Å². The highest BCUT2D eigenvalue weighted by atomic mass is 16.4. The van der Waals surface area contributed by atoms with Crippen molar-refractivity contribution in [3.05, 3.63) is 155 Å². The van der Waals surface area contributed by atoms with Crippen LogP contribution in [0.1, 0.15) is 11.1 Å². The molecule has 1 aliphatic rings. The summed E-state index contributed by atoms with van der Waals surface area (Å²) in [5.41, 5.74) is 4.45. The summed E-state index contributed by atoms with van der Waals surface area (Å²) in [7, 11) is 0. The summed E-state index contributed by atoms with van der Waals surface area (Å²) in [6.07, 6.45) is 3.57. The third kappa shape index (κ3) is 4.45. The Bertz CT molecular complexity index is 2030. The molecule has 0 saturated carbocycles. The largest absolute Gasteiger partial charge is 0.422 e. The van der Waals surface area contributed by atoms with Gasteiger partial charge in [0.1, 0.15) is 17.0 Å². The van der Waals surface area contributed by atoms with Crippen molar-refractivity contribution in [3.8, 4) is 16.9 Å². The van der Waals surface area contributed by atoms with Crippen LogP contribution >= 0.6 is 0 Å². The van der Waals surface area contributed by atoms with Crippen LogP contribution in [-0.2, 0) is 4.79 Å². The third-order valence-corrected chi connectivity index (χ3v) is 6.89. The summed E-state index contributed by atoms with van der Waals surface area (Å²) in [5.74, 6) is -0.279. The van der Waals surface area contributed by atoms with Crippen molar-refractivity contribution in [3.63, 3.8) is 0 Å². The minimum atomic E-state index is -0.512. The predicted molar refractivity (Wildman–Crippen MR) is 160 cm³/mol. The molecular weight excluding hydrogens is 512 g/mol. The van der Waals surface area contributed by atoms with E-state index in [4.69, 9.17) is 14.6 Å². The lowest BCUT2D eigenvalue weighted by Gasteiger charge is -2.10. The van der Waals surface area contributed by atoms with Crippen molar-refractivity contribution in [2.24, 2.45) is 5.10 Å². The number of rotatable bonds is 5. The van der Waals surface area contributed by atoms with Crippen molar-refractivity contribution in [2.75, 3.05) is 5.01 Å². The molecule has 1 aliphatic heterocycles. The number of aromatic nitrogens is 2. The summed E-state index contributed by atoms with van der Waals surface area (Å²) >= 11 is 0. The number of para-hydroxylation sites is 3. The molecule has 0 saturated heterocycles. The van der Waals surface area contributed by atoms with Crippen molar-refractivity contribution in [1.29, 1.82) is 0 Å². The van der Waals surface area contributed by atoms with Gasteiger partial charge in [0.15, 0.2) is 0 Å². The molecule has 6 aromatic rings. The molecule has 3 heterocycles. The number of amides is 1. The second-order valence-electron chi connectivity index (χ2n) is 9.52. The lowest BCUT2D eigenvalue weighted by molar-refractivity contribution is -0.114. The van der Waals surface area contributed by atoms with E-state index in [1.54, 1.807) is 22.9 Å². The average Bonchev–Trinajstić information content (AvgIpc) is 3.59.